The number of benzene rings is 2. The van der Waals surface area contributed by atoms with Gasteiger partial charge in [0, 0.05) is 19.5 Å². The highest BCUT2D eigenvalue weighted by atomic mass is 16.5. The molecule has 3 aromatic rings. The van der Waals surface area contributed by atoms with Crippen LogP contribution in [0.5, 0.6) is 11.5 Å². The van der Waals surface area contributed by atoms with Crippen molar-refractivity contribution in [2.45, 2.75) is 45.6 Å². The van der Waals surface area contributed by atoms with Crippen LogP contribution >= 0.6 is 0 Å². The molecule has 6 heteroatoms. The molecule has 2 aromatic carbocycles. The molecule has 3 rings (SSSR count). The minimum atomic E-state index is -0.0221. The Balaban J connectivity index is 1.49. The summed E-state index contributed by atoms with van der Waals surface area (Å²) in [5, 5.41) is 2.90. The lowest BCUT2D eigenvalue weighted by molar-refractivity contribution is -0.116. The number of amides is 1. The molecule has 0 spiro atoms. The van der Waals surface area contributed by atoms with Gasteiger partial charge in [-0.15, -0.1) is 0 Å². The lowest BCUT2D eigenvalue weighted by Gasteiger charge is -2.11. The number of allylic oxidation sites excluding steroid dienone is 1. The fourth-order valence-electron chi connectivity index (χ4n) is 3.66. The van der Waals surface area contributed by atoms with Crippen LogP contribution in [0.1, 0.15) is 38.4 Å². The first-order valence-electron chi connectivity index (χ1n) is 11.3. The average molecular weight is 436 g/mol. The predicted molar refractivity (Wildman–Crippen MR) is 128 cm³/mol. The van der Waals surface area contributed by atoms with Crippen molar-refractivity contribution in [1.82, 2.24) is 14.9 Å². The molecule has 0 saturated heterocycles. The van der Waals surface area contributed by atoms with Crippen molar-refractivity contribution in [2.24, 2.45) is 0 Å². The molecule has 0 aliphatic heterocycles. The zero-order valence-electron chi connectivity index (χ0n) is 19.0. The monoisotopic (exact) mass is 435 g/mol. The summed E-state index contributed by atoms with van der Waals surface area (Å²) in [6.45, 7) is 4.06. The van der Waals surface area contributed by atoms with Crippen molar-refractivity contribution in [3.05, 3.63) is 66.5 Å². The largest absolute Gasteiger partial charge is 0.497 e. The highest BCUT2D eigenvalue weighted by Gasteiger charge is 2.10. The number of rotatable bonds is 13. The van der Waals surface area contributed by atoms with Gasteiger partial charge in [-0.2, -0.15) is 0 Å². The Kier molecular flexibility index (Phi) is 9.17. The first kappa shape index (κ1) is 23.4. The fourth-order valence-corrected chi connectivity index (χ4v) is 3.66. The number of carbonyl (C=O) groups excluding carboxylic acids is 1. The summed E-state index contributed by atoms with van der Waals surface area (Å²) < 4.78 is 13.4. The molecule has 1 N–H and O–H groups in total. The second-order valence-corrected chi connectivity index (χ2v) is 7.65. The predicted octanol–water partition coefficient (Wildman–Crippen LogP) is 4.92. The van der Waals surface area contributed by atoms with Gasteiger partial charge in [0.15, 0.2) is 0 Å². The van der Waals surface area contributed by atoms with Gasteiger partial charge in [-0.3, -0.25) is 4.79 Å². The van der Waals surface area contributed by atoms with Crippen LogP contribution in [-0.4, -0.2) is 35.7 Å². The van der Waals surface area contributed by atoms with E-state index in [0.717, 1.165) is 61.5 Å². The van der Waals surface area contributed by atoms with Crippen molar-refractivity contribution < 1.29 is 14.3 Å². The standard InChI is InChI=1S/C26H33N3O3/c1-3-10-26(30)27-18-8-4-5-13-25-28-23-11-6-7-12-24(23)29(25)19-9-20-32-22-16-14-21(31-2)15-17-22/h3,6-7,10-12,14-17H,4-5,8-9,13,18-20H2,1-2H3,(H,27,30)/b10-3+. The first-order valence-corrected chi connectivity index (χ1v) is 11.3. The van der Waals surface area contributed by atoms with Crippen molar-refractivity contribution in [2.75, 3.05) is 20.3 Å². The molecule has 0 saturated carbocycles. The molecule has 1 aromatic heterocycles. The molecule has 1 heterocycles. The van der Waals surface area contributed by atoms with E-state index in [1.165, 1.54) is 5.52 Å². The van der Waals surface area contributed by atoms with Crippen LogP contribution in [-0.2, 0) is 17.8 Å². The van der Waals surface area contributed by atoms with Gasteiger partial charge in [0.05, 0.1) is 24.8 Å². The van der Waals surface area contributed by atoms with Crippen LogP contribution in [0.15, 0.2) is 60.7 Å². The molecule has 1 amide bonds. The maximum absolute atomic E-state index is 11.5. The highest BCUT2D eigenvalue weighted by Crippen LogP contribution is 2.20. The van der Waals surface area contributed by atoms with E-state index >= 15 is 0 Å². The molecule has 0 aliphatic rings. The molecule has 0 atom stereocenters. The number of hydrogen-bond acceptors (Lipinski definition) is 4. The Labute approximate surface area is 190 Å². The van der Waals surface area contributed by atoms with Crippen LogP contribution in [0.4, 0.5) is 0 Å². The van der Waals surface area contributed by atoms with Gasteiger partial charge in [0.2, 0.25) is 5.91 Å². The van der Waals surface area contributed by atoms with Crippen LogP contribution in [0.3, 0.4) is 0 Å². The smallest absolute Gasteiger partial charge is 0.243 e. The number of nitrogens with zero attached hydrogens (tertiary/aromatic N) is 2. The Hall–Kier alpha value is -3.28. The van der Waals surface area contributed by atoms with Gasteiger partial charge in [-0.05, 0) is 68.7 Å². The van der Waals surface area contributed by atoms with Gasteiger partial charge in [-0.25, -0.2) is 4.98 Å². The number of carbonyl (C=O) groups is 1. The second-order valence-electron chi connectivity index (χ2n) is 7.65. The number of unbranched alkanes of at least 4 members (excludes halogenated alkanes) is 2. The van der Waals surface area contributed by atoms with E-state index in [0.29, 0.717) is 13.2 Å². The van der Waals surface area contributed by atoms with Crippen LogP contribution in [0.2, 0.25) is 0 Å². The molecule has 0 aliphatic carbocycles. The molecule has 170 valence electrons. The third-order valence-electron chi connectivity index (χ3n) is 5.28. The van der Waals surface area contributed by atoms with E-state index in [1.54, 1.807) is 19.3 Å². The number of fused-ring (bicyclic) bond motifs is 1. The normalized spacial score (nSPS) is 11.2. The van der Waals surface area contributed by atoms with Crippen LogP contribution in [0, 0.1) is 0 Å². The number of para-hydroxylation sites is 2. The van der Waals surface area contributed by atoms with Gasteiger partial charge >= 0.3 is 0 Å². The van der Waals surface area contributed by atoms with Crippen LogP contribution in [0.25, 0.3) is 11.0 Å². The summed E-state index contributed by atoms with van der Waals surface area (Å²) in [5.74, 6) is 2.77. The molecule has 32 heavy (non-hydrogen) atoms. The van der Waals surface area contributed by atoms with Crippen molar-refractivity contribution >= 4 is 16.9 Å². The lowest BCUT2D eigenvalue weighted by Crippen LogP contribution is -2.21. The van der Waals surface area contributed by atoms with Gasteiger partial charge < -0.3 is 19.4 Å². The number of ether oxygens (including phenoxy) is 2. The van der Waals surface area contributed by atoms with E-state index in [4.69, 9.17) is 14.5 Å². The zero-order valence-corrected chi connectivity index (χ0v) is 19.0. The Morgan fingerprint density at radius 1 is 1.03 bits per heavy atom. The summed E-state index contributed by atoms with van der Waals surface area (Å²) in [6.07, 6.45) is 8.21. The van der Waals surface area contributed by atoms with Crippen molar-refractivity contribution in [3.8, 4) is 11.5 Å². The molecular weight excluding hydrogens is 402 g/mol. The number of aryl methyl sites for hydroxylation is 2. The van der Waals surface area contributed by atoms with Crippen LogP contribution < -0.4 is 14.8 Å². The second kappa shape index (κ2) is 12.5. The summed E-state index contributed by atoms with van der Waals surface area (Å²) >= 11 is 0. The van der Waals surface area contributed by atoms with Crippen molar-refractivity contribution in [1.29, 1.82) is 0 Å². The number of hydrogen-bond donors (Lipinski definition) is 1. The topological polar surface area (TPSA) is 65.4 Å². The number of nitrogens with one attached hydrogen (secondary N) is 1. The number of aromatic nitrogens is 2. The summed E-state index contributed by atoms with van der Waals surface area (Å²) in [6, 6.07) is 16.0. The van der Waals surface area contributed by atoms with Gasteiger partial charge in [0.25, 0.3) is 0 Å². The summed E-state index contributed by atoms with van der Waals surface area (Å²) in [7, 11) is 1.66. The van der Waals surface area contributed by atoms with E-state index < -0.39 is 0 Å². The van der Waals surface area contributed by atoms with Gasteiger partial charge in [0.1, 0.15) is 17.3 Å². The first-order chi connectivity index (χ1) is 15.7. The molecular formula is C26H33N3O3. The van der Waals surface area contributed by atoms with E-state index in [-0.39, 0.29) is 5.91 Å². The number of methoxy groups -OCH3 is 1. The average Bonchev–Trinajstić information content (AvgIpc) is 3.17. The molecule has 0 bridgehead atoms. The fraction of sp³-hybridized carbons (Fsp3) is 0.385. The third kappa shape index (κ3) is 6.87. The minimum absolute atomic E-state index is 0.0221. The quantitative estimate of drug-likeness (QED) is 0.306. The minimum Gasteiger partial charge on any atom is -0.497 e. The Morgan fingerprint density at radius 3 is 2.59 bits per heavy atom. The maximum atomic E-state index is 11.5. The highest BCUT2D eigenvalue weighted by molar-refractivity contribution is 5.87. The zero-order chi connectivity index (χ0) is 22.6. The molecule has 0 radical (unpaired) electrons. The summed E-state index contributed by atoms with van der Waals surface area (Å²) in [5.41, 5.74) is 2.21. The Morgan fingerprint density at radius 2 is 1.81 bits per heavy atom. The van der Waals surface area contributed by atoms with Gasteiger partial charge in [-0.1, -0.05) is 24.6 Å². The molecule has 6 nitrogen and oxygen atoms in total. The van der Waals surface area contributed by atoms with E-state index in [1.807, 2.05) is 37.3 Å². The maximum Gasteiger partial charge on any atom is 0.243 e. The lowest BCUT2D eigenvalue weighted by atomic mass is 10.2. The third-order valence-corrected chi connectivity index (χ3v) is 5.28. The Bertz CT molecular complexity index is 1010. The summed E-state index contributed by atoms with van der Waals surface area (Å²) in [4.78, 5) is 16.3. The van der Waals surface area contributed by atoms with Crippen molar-refractivity contribution in [3.63, 3.8) is 0 Å². The SMILES string of the molecule is C/C=C/C(=O)NCCCCCc1nc2ccccc2n1CCCOc1ccc(OC)cc1. The van der Waals surface area contributed by atoms with E-state index in [9.17, 15) is 4.79 Å². The van der Waals surface area contributed by atoms with E-state index in [2.05, 4.69) is 28.1 Å². The molecule has 0 fully saturated rings. The number of imidazole rings is 1. The molecule has 0 unspecified atom stereocenters.